The number of hydrogen-bond acceptors (Lipinski definition) is 4. The lowest BCUT2D eigenvalue weighted by molar-refractivity contribution is -0.117. The highest BCUT2D eigenvalue weighted by Crippen LogP contribution is 2.23. The van der Waals surface area contributed by atoms with Gasteiger partial charge in [-0.05, 0) is 56.3 Å². The van der Waals surface area contributed by atoms with E-state index >= 15 is 0 Å². The Morgan fingerprint density at radius 1 is 1.20 bits per heavy atom. The van der Waals surface area contributed by atoms with E-state index in [1.807, 2.05) is 0 Å². The maximum Gasteiger partial charge on any atom is 0.243 e. The van der Waals surface area contributed by atoms with Gasteiger partial charge in [-0.25, -0.2) is 8.42 Å². The first-order chi connectivity index (χ1) is 11.9. The maximum absolute atomic E-state index is 12.6. The van der Waals surface area contributed by atoms with Crippen LogP contribution in [0.4, 0.5) is 5.69 Å². The number of benzene rings is 1. The number of amides is 1. The van der Waals surface area contributed by atoms with Gasteiger partial charge in [-0.2, -0.15) is 4.31 Å². The molecule has 1 atom stereocenters. The molecule has 7 heteroatoms. The molecule has 0 bridgehead atoms. The summed E-state index contributed by atoms with van der Waals surface area (Å²) in [6.45, 7) is 5.60. The third-order valence-corrected chi connectivity index (χ3v) is 6.82. The van der Waals surface area contributed by atoms with Gasteiger partial charge < -0.3 is 5.32 Å². The van der Waals surface area contributed by atoms with Crippen LogP contribution in [0.2, 0.25) is 0 Å². The van der Waals surface area contributed by atoms with Gasteiger partial charge >= 0.3 is 0 Å². The smallest absolute Gasteiger partial charge is 0.243 e. The molecule has 6 nitrogen and oxygen atoms in total. The molecule has 1 aromatic carbocycles. The normalized spacial score (nSPS) is 22.8. The first-order valence-electron chi connectivity index (χ1n) is 9.07. The zero-order valence-electron chi connectivity index (χ0n) is 14.8. The van der Waals surface area contributed by atoms with E-state index < -0.39 is 10.0 Å². The lowest BCUT2D eigenvalue weighted by Gasteiger charge is -2.30. The second-order valence-electron chi connectivity index (χ2n) is 7.17. The third kappa shape index (κ3) is 4.59. The molecule has 0 spiro atoms. The Morgan fingerprint density at radius 3 is 2.68 bits per heavy atom. The van der Waals surface area contributed by atoms with Gasteiger partial charge in [-0.15, -0.1) is 0 Å². The molecule has 25 heavy (non-hydrogen) atoms. The van der Waals surface area contributed by atoms with Crippen molar-refractivity contribution in [1.82, 2.24) is 9.21 Å². The zero-order chi connectivity index (χ0) is 17.9. The fraction of sp³-hybridized carbons (Fsp3) is 0.611. The maximum atomic E-state index is 12.6. The summed E-state index contributed by atoms with van der Waals surface area (Å²) in [5.41, 5.74) is 0.537. The summed E-state index contributed by atoms with van der Waals surface area (Å²) < 4.78 is 26.8. The second-order valence-corrected chi connectivity index (χ2v) is 9.11. The molecule has 0 aliphatic carbocycles. The summed E-state index contributed by atoms with van der Waals surface area (Å²) in [6.07, 6.45) is 4.15. The highest BCUT2D eigenvalue weighted by Gasteiger charge is 2.27. The number of nitrogens with one attached hydrogen (secondary N) is 1. The van der Waals surface area contributed by atoms with Crippen molar-refractivity contribution < 1.29 is 13.2 Å². The molecule has 3 rings (SSSR count). The first-order valence-corrected chi connectivity index (χ1v) is 10.5. The van der Waals surface area contributed by atoms with Crippen molar-refractivity contribution in [2.75, 3.05) is 38.0 Å². The van der Waals surface area contributed by atoms with Crippen molar-refractivity contribution in [2.45, 2.75) is 37.5 Å². The fourth-order valence-electron chi connectivity index (χ4n) is 3.65. The molecule has 2 fully saturated rings. The van der Waals surface area contributed by atoms with Gasteiger partial charge in [0.25, 0.3) is 0 Å². The van der Waals surface area contributed by atoms with Crippen molar-refractivity contribution in [3.8, 4) is 0 Å². The molecule has 2 aliphatic heterocycles. The predicted octanol–water partition coefficient (Wildman–Crippen LogP) is 2.14. The number of nitrogens with zero attached hydrogens (tertiary/aromatic N) is 2. The van der Waals surface area contributed by atoms with E-state index in [0.29, 0.717) is 31.2 Å². The Labute approximate surface area is 150 Å². The van der Waals surface area contributed by atoms with Crippen LogP contribution in [0, 0.1) is 5.92 Å². The fourth-order valence-corrected chi connectivity index (χ4v) is 5.21. The molecule has 1 unspecified atom stereocenters. The van der Waals surface area contributed by atoms with Gasteiger partial charge in [0.1, 0.15) is 0 Å². The summed E-state index contributed by atoms with van der Waals surface area (Å²) in [7, 11) is -3.46. The monoisotopic (exact) mass is 365 g/mol. The van der Waals surface area contributed by atoms with Crippen molar-refractivity contribution in [3.63, 3.8) is 0 Å². The average Bonchev–Trinajstić information content (AvgIpc) is 3.10. The van der Waals surface area contributed by atoms with E-state index in [1.165, 1.54) is 10.7 Å². The van der Waals surface area contributed by atoms with Crippen LogP contribution in [0.3, 0.4) is 0 Å². The van der Waals surface area contributed by atoms with E-state index in [4.69, 9.17) is 0 Å². The molecule has 2 heterocycles. The summed E-state index contributed by atoms with van der Waals surface area (Å²) in [5.74, 6) is 0.528. The van der Waals surface area contributed by atoms with Gasteiger partial charge in [0.2, 0.25) is 15.9 Å². The first kappa shape index (κ1) is 18.4. The van der Waals surface area contributed by atoms with E-state index in [2.05, 4.69) is 17.1 Å². The lowest BCUT2D eigenvalue weighted by atomic mass is 10.0. The summed E-state index contributed by atoms with van der Waals surface area (Å²) in [6, 6.07) is 6.57. The van der Waals surface area contributed by atoms with Crippen LogP contribution in [0.15, 0.2) is 29.2 Å². The van der Waals surface area contributed by atoms with Crippen LogP contribution >= 0.6 is 0 Å². The number of carbonyl (C=O) groups excluding carboxylic acids is 1. The quantitative estimate of drug-likeness (QED) is 0.868. The lowest BCUT2D eigenvalue weighted by Crippen LogP contribution is -2.39. The standard InChI is InChI=1S/C18H27N3O3S/c1-15-6-5-9-20(13-15)14-18(22)19-16-7-4-8-17(12-16)25(23,24)21-10-2-3-11-21/h4,7-8,12,15H,2-3,5-6,9-11,13-14H2,1H3,(H,19,22). The molecule has 0 radical (unpaired) electrons. The average molecular weight is 365 g/mol. The number of anilines is 1. The van der Waals surface area contributed by atoms with Crippen LogP contribution < -0.4 is 5.32 Å². The number of carbonyl (C=O) groups is 1. The molecule has 2 saturated heterocycles. The van der Waals surface area contributed by atoms with Crippen molar-refractivity contribution >= 4 is 21.6 Å². The molecule has 1 amide bonds. The van der Waals surface area contributed by atoms with Gasteiger partial charge in [-0.3, -0.25) is 9.69 Å². The van der Waals surface area contributed by atoms with Crippen molar-refractivity contribution in [1.29, 1.82) is 0 Å². The van der Waals surface area contributed by atoms with Crippen LogP contribution in [-0.2, 0) is 14.8 Å². The Morgan fingerprint density at radius 2 is 1.96 bits per heavy atom. The minimum Gasteiger partial charge on any atom is -0.325 e. The molecular weight excluding hydrogens is 338 g/mol. The molecule has 2 aliphatic rings. The third-order valence-electron chi connectivity index (χ3n) is 4.93. The minimum absolute atomic E-state index is 0.0928. The van der Waals surface area contributed by atoms with Crippen LogP contribution in [0.25, 0.3) is 0 Å². The topological polar surface area (TPSA) is 69.7 Å². The SMILES string of the molecule is CC1CCCN(CC(=O)Nc2cccc(S(=O)(=O)N3CCCC3)c2)C1. The summed E-state index contributed by atoms with van der Waals surface area (Å²) in [5, 5.41) is 2.84. The van der Waals surface area contributed by atoms with Gasteiger partial charge in [0, 0.05) is 25.3 Å². The van der Waals surface area contributed by atoms with Gasteiger partial charge in [0.15, 0.2) is 0 Å². The van der Waals surface area contributed by atoms with Gasteiger partial charge in [-0.1, -0.05) is 13.0 Å². The highest BCUT2D eigenvalue weighted by atomic mass is 32.2. The molecule has 1 N–H and O–H groups in total. The molecule has 1 aromatic rings. The number of sulfonamides is 1. The van der Waals surface area contributed by atoms with Crippen LogP contribution in [0.5, 0.6) is 0 Å². The van der Waals surface area contributed by atoms with Crippen molar-refractivity contribution in [2.24, 2.45) is 5.92 Å². The summed E-state index contributed by atoms with van der Waals surface area (Å²) >= 11 is 0. The number of hydrogen-bond donors (Lipinski definition) is 1. The largest absolute Gasteiger partial charge is 0.325 e. The molecular formula is C18H27N3O3S. The predicted molar refractivity (Wildman–Crippen MR) is 97.9 cm³/mol. The number of likely N-dealkylation sites (tertiary alicyclic amines) is 1. The van der Waals surface area contributed by atoms with E-state index in [9.17, 15) is 13.2 Å². The van der Waals surface area contributed by atoms with Gasteiger partial charge in [0.05, 0.1) is 11.4 Å². The Balaban J connectivity index is 1.64. The van der Waals surface area contributed by atoms with E-state index in [0.717, 1.165) is 32.4 Å². The number of rotatable bonds is 5. The Kier molecular flexibility index (Phi) is 5.76. The van der Waals surface area contributed by atoms with Crippen LogP contribution in [-0.4, -0.2) is 56.3 Å². The minimum atomic E-state index is -3.46. The Bertz CT molecular complexity index is 714. The zero-order valence-corrected chi connectivity index (χ0v) is 15.6. The molecule has 0 saturated carbocycles. The van der Waals surface area contributed by atoms with Crippen LogP contribution in [0.1, 0.15) is 32.6 Å². The molecule has 138 valence electrons. The molecule has 0 aromatic heterocycles. The van der Waals surface area contributed by atoms with Crippen molar-refractivity contribution in [3.05, 3.63) is 24.3 Å². The second kappa shape index (κ2) is 7.85. The Hall–Kier alpha value is -1.44. The van der Waals surface area contributed by atoms with E-state index in [-0.39, 0.29) is 10.8 Å². The highest BCUT2D eigenvalue weighted by molar-refractivity contribution is 7.89. The van der Waals surface area contributed by atoms with E-state index in [1.54, 1.807) is 24.3 Å². The number of piperidine rings is 1. The summed E-state index contributed by atoms with van der Waals surface area (Å²) in [4.78, 5) is 14.7.